The average Bonchev–Trinajstić information content (AvgIpc) is 3.09. The van der Waals surface area contributed by atoms with Crippen LogP contribution in [-0.4, -0.2) is 38.8 Å². The molecule has 6 heteroatoms. The van der Waals surface area contributed by atoms with Gasteiger partial charge >= 0.3 is 0 Å². The summed E-state index contributed by atoms with van der Waals surface area (Å²) in [5.41, 5.74) is 0.787. The predicted octanol–water partition coefficient (Wildman–Crippen LogP) is 2.06. The van der Waals surface area contributed by atoms with Crippen LogP contribution in [0, 0.1) is 0 Å². The first-order chi connectivity index (χ1) is 9.74. The van der Waals surface area contributed by atoms with Crippen molar-refractivity contribution in [1.29, 1.82) is 0 Å². The molecule has 3 rings (SSSR count). The van der Waals surface area contributed by atoms with Crippen LogP contribution in [0.5, 0.6) is 0 Å². The van der Waals surface area contributed by atoms with E-state index >= 15 is 0 Å². The van der Waals surface area contributed by atoms with Gasteiger partial charge in [-0.2, -0.15) is 4.98 Å². The van der Waals surface area contributed by atoms with E-state index in [9.17, 15) is 5.11 Å². The van der Waals surface area contributed by atoms with Crippen molar-refractivity contribution >= 4 is 0 Å². The molecule has 1 aliphatic heterocycles. The topological polar surface area (TPSA) is 75.5 Å². The fraction of sp³-hybridized carbons (Fsp3) is 0.571. The summed E-state index contributed by atoms with van der Waals surface area (Å²) in [5.74, 6) is 1.12. The molecule has 1 fully saturated rings. The Kier molecular flexibility index (Phi) is 3.84. The zero-order chi connectivity index (χ0) is 13.9. The maximum atomic E-state index is 9.86. The van der Waals surface area contributed by atoms with Gasteiger partial charge in [0.25, 0.3) is 5.89 Å². The lowest BCUT2D eigenvalue weighted by atomic mass is 9.98. The highest BCUT2D eigenvalue weighted by atomic mass is 16.5. The molecule has 2 aromatic rings. The van der Waals surface area contributed by atoms with Crippen LogP contribution in [0.25, 0.3) is 11.5 Å². The van der Waals surface area contributed by atoms with Gasteiger partial charge in [0.2, 0.25) is 0 Å². The molecule has 108 valence electrons. The molecule has 3 heterocycles. The molecule has 0 aromatic carbocycles. The minimum Gasteiger partial charge on any atom is -0.472 e. The highest BCUT2D eigenvalue weighted by Gasteiger charge is 2.27. The molecule has 2 atom stereocenters. The Hall–Kier alpha value is -1.66. The SMILES string of the molecule is CC(O)C1CCCCN1Cc1noc(-c2ccoc2)n1. The van der Waals surface area contributed by atoms with Gasteiger partial charge in [0.05, 0.1) is 24.5 Å². The van der Waals surface area contributed by atoms with Gasteiger partial charge in [-0.3, -0.25) is 4.90 Å². The lowest BCUT2D eigenvalue weighted by Gasteiger charge is -2.36. The van der Waals surface area contributed by atoms with E-state index in [-0.39, 0.29) is 12.1 Å². The third-order valence-electron chi connectivity index (χ3n) is 3.80. The molecule has 0 radical (unpaired) electrons. The highest BCUT2D eigenvalue weighted by molar-refractivity contribution is 5.49. The normalized spacial score (nSPS) is 22.0. The summed E-state index contributed by atoms with van der Waals surface area (Å²) in [6.45, 7) is 3.41. The van der Waals surface area contributed by atoms with Crippen molar-refractivity contribution in [1.82, 2.24) is 15.0 Å². The monoisotopic (exact) mass is 277 g/mol. The summed E-state index contributed by atoms with van der Waals surface area (Å²) < 4.78 is 10.2. The van der Waals surface area contributed by atoms with Crippen molar-refractivity contribution in [3.63, 3.8) is 0 Å². The zero-order valence-electron chi connectivity index (χ0n) is 11.5. The third-order valence-corrected chi connectivity index (χ3v) is 3.80. The van der Waals surface area contributed by atoms with Crippen LogP contribution in [0.2, 0.25) is 0 Å². The number of piperidine rings is 1. The van der Waals surface area contributed by atoms with Crippen LogP contribution < -0.4 is 0 Å². The Morgan fingerprint density at radius 2 is 2.40 bits per heavy atom. The average molecular weight is 277 g/mol. The van der Waals surface area contributed by atoms with Gasteiger partial charge in [0, 0.05) is 6.04 Å². The number of aliphatic hydroxyl groups is 1. The van der Waals surface area contributed by atoms with Crippen LogP contribution in [0.15, 0.2) is 27.5 Å². The Labute approximate surface area is 117 Å². The van der Waals surface area contributed by atoms with Crippen molar-refractivity contribution in [2.75, 3.05) is 6.54 Å². The van der Waals surface area contributed by atoms with Crippen molar-refractivity contribution in [3.05, 3.63) is 24.4 Å². The first-order valence-electron chi connectivity index (χ1n) is 7.01. The molecule has 2 unspecified atom stereocenters. The fourth-order valence-electron chi connectivity index (χ4n) is 2.76. The summed E-state index contributed by atoms with van der Waals surface area (Å²) in [6, 6.07) is 1.97. The molecule has 0 aliphatic carbocycles. The molecule has 1 N–H and O–H groups in total. The number of nitrogens with zero attached hydrogens (tertiary/aromatic N) is 3. The Bertz CT molecular complexity index is 536. The first kappa shape index (κ1) is 13.3. The molecule has 0 saturated carbocycles. The van der Waals surface area contributed by atoms with E-state index in [0.717, 1.165) is 24.9 Å². The van der Waals surface area contributed by atoms with E-state index in [2.05, 4.69) is 15.0 Å². The molecule has 1 saturated heterocycles. The molecule has 0 amide bonds. The van der Waals surface area contributed by atoms with Gasteiger partial charge < -0.3 is 14.0 Å². The van der Waals surface area contributed by atoms with Gasteiger partial charge in [-0.25, -0.2) is 0 Å². The van der Waals surface area contributed by atoms with E-state index in [1.165, 1.54) is 6.42 Å². The minimum absolute atomic E-state index is 0.180. The van der Waals surface area contributed by atoms with Crippen LogP contribution in [0.3, 0.4) is 0 Å². The largest absolute Gasteiger partial charge is 0.472 e. The van der Waals surface area contributed by atoms with E-state index < -0.39 is 0 Å². The van der Waals surface area contributed by atoms with Crippen LogP contribution in [-0.2, 0) is 6.54 Å². The van der Waals surface area contributed by atoms with Gasteiger partial charge in [-0.15, -0.1) is 0 Å². The number of hydrogen-bond donors (Lipinski definition) is 1. The second-order valence-electron chi connectivity index (χ2n) is 5.30. The second-order valence-corrected chi connectivity index (χ2v) is 5.30. The van der Waals surface area contributed by atoms with E-state index in [0.29, 0.717) is 18.3 Å². The van der Waals surface area contributed by atoms with E-state index in [4.69, 9.17) is 8.94 Å². The van der Waals surface area contributed by atoms with Crippen LogP contribution in [0.1, 0.15) is 32.0 Å². The number of furan rings is 1. The number of likely N-dealkylation sites (tertiary alicyclic amines) is 1. The molecule has 1 aliphatic rings. The smallest absolute Gasteiger partial charge is 0.261 e. The van der Waals surface area contributed by atoms with Gasteiger partial charge in [0.1, 0.15) is 6.26 Å². The number of hydrogen-bond acceptors (Lipinski definition) is 6. The zero-order valence-corrected chi connectivity index (χ0v) is 11.5. The summed E-state index contributed by atoms with van der Waals surface area (Å²) in [6.07, 6.45) is 6.15. The highest BCUT2D eigenvalue weighted by Crippen LogP contribution is 2.23. The molecule has 20 heavy (non-hydrogen) atoms. The summed E-state index contributed by atoms with van der Waals surface area (Å²) >= 11 is 0. The maximum absolute atomic E-state index is 9.86. The van der Waals surface area contributed by atoms with E-state index in [1.807, 2.05) is 6.92 Å². The van der Waals surface area contributed by atoms with E-state index in [1.54, 1.807) is 18.6 Å². The predicted molar refractivity (Wildman–Crippen MR) is 71.7 cm³/mol. The van der Waals surface area contributed by atoms with Crippen molar-refractivity contribution in [3.8, 4) is 11.5 Å². The number of aromatic nitrogens is 2. The Morgan fingerprint density at radius 3 is 3.15 bits per heavy atom. The molecular formula is C14H19N3O3. The number of rotatable bonds is 4. The molecule has 0 bridgehead atoms. The van der Waals surface area contributed by atoms with Gasteiger partial charge in [0.15, 0.2) is 5.82 Å². The number of aliphatic hydroxyl groups excluding tert-OH is 1. The van der Waals surface area contributed by atoms with Crippen molar-refractivity contribution < 1.29 is 14.0 Å². The lowest BCUT2D eigenvalue weighted by molar-refractivity contribution is 0.0298. The quantitative estimate of drug-likeness (QED) is 0.922. The summed E-state index contributed by atoms with van der Waals surface area (Å²) in [7, 11) is 0. The Balaban J connectivity index is 1.71. The third kappa shape index (κ3) is 2.76. The fourth-order valence-corrected chi connectivity index (χ4v) is 2.76. The first-order valence-corrected chi connectivity index (χ1v) is 7.01. The van der Waals surface area contributed by atoms with Gasteiger partial charge in [-0.05, 0) is 32.4 Å². The lowest BCUT2D eigenvalue weighted by Crippen LogP contribution is -2.45. The second kappa shape index (κ2) is 5.76. The summed E-state index contributed by atoms with van der Waals surface area (Å²) in [4.78, 5) is 6.61. The van der Waals surface area contributed by atoms with Crippen molar-refractivity contribution in [2.24, 2.45) is 0 Å². The molecular weight excluding hydrogens is 258 g/mol. The minimum atomic E-state index is -0.337. The summed E-state index contributed by atoms with van der Waals surface area (Å²) in [5, 5.41) is 13.9. The van der Waals surface area contributed by atoms with Crippen LogP contribution >= 0.6 is 0 Å². The Morgan fingerprint density at radius 1 is 1.50 bits per heavy atom. The molecule has 6 nitrogen and oxygen atoms in total. The molecule has 2 aromatic heterocycles. The molecule has 0 spiro atoms. The maximum Gasteiger partial charge on any atom is 0.261 e. The standard InChI is InChI=1S/C14H19N3O3/c1-10(18)12-4-2-3-6-17(12)8-13-15-14(20-16-13)11-5-7-19-9-11/h5,7,9-10,12,18H,2-4,6,8H2,1H3. The van der Waals surface area contributed by atoms with Crippen LogP contribution in [0.4, 0.5) is 0 Å². The van der Waals surface area contributed by atoms with Crippen molar-refractivity contribution in [2.45, 2.75) is 44.9 Å². The van der Waals surface area contributed by atoms with Gasteiger partial charge in [-0.1, -0.05) is 11.6 Å².